The lowest BCUT2D eigenvalue weighted by molar-refractivity contribution is 0.462. The van der Waals surface area contributed by atoms with Gasteiger partial charge in [0.2, 0.25) is 0 Å². The third-order valence-corrected chi connectivity index (χ3v) is 3.72. The van der Waals surface area contributed by atoms with E-state index in [1.807, 2.05) is 17.9 Å². The van der Waals surface area contributed by atoms with Crippen molar-refractivity contribution in [1.29, 1.82) is 0 Å². The highest BCUT2D eigenvalue weighted by Gasteiger charge is 2.14. The van der Waals surface area contributed by atoms with E-state index in [1.165, 1.54) is 5.56 Å². The van der Waals surface area contributed by atoms with Crippen molar-refractivity contribution in [2.75, 3.05) is 13.1 Å². The van der Waals surface area contributed by atoms with E-state index in [9.17, 15) is 0 Å². The van der Waals surface area contributed by atoms with Gasteiger partial charge in [0.05, 0.1) is 5.69 Å². The van der Waals surface area contributed by atoms with Crippen molar-refractivity contribution in [2.45, 2.75) is 26.2 Å². The van der Waals surface area contributed by atoms with Gasteiger partial charge < -0.3 is 5.32 Å². The van der Waals surface area contributed by atoms with Crippen molar-refractivity contribution in [3.63, 3.8) is 0 Å². The molecule has 3 nitrogen and oxygen atoms in total. The van der Waals surface area contributed by atoms with Gasteiger partial charge in [-0.25, -0.2) is 0 Å². The number of aryl methyl sites for hydroxylation is 1. The molecule has 0 fully saturated rings. The average molecular weight is 271 g/mol. The maximum atomic E-state index is 4.40. The number of hydrogen-bond donors (Lipinski definition) is 1. The zero-order valence-corrected chi connectivity index (χ0v) is 12.7. The quantitative estimate of drug-likeness (QED) is 0.785. The summed E-state index contributed by atoms with van der Waals surface area (Å²) < 4.78 is 1.86. The van der Waals surface area contributed by atoms with Crippen LogP contribution in [-0.4, -0.2) is 22.9 Å². The lowest BCUT2D eigenvalue weighted by atomic mass is 9.88. The molecule has 3 heteroatoms. The summed E-state index contributed by atoms with van der Waals surface area (Å²) in [7, 11) is 1.96. The van der Waals surface area contributed by atoms with Gasteiger partial charge in [0, 0.05) is 32.8 Å². The number of nitrogens with zero attached hydrogens (tertiary/aromatic N) is 2. The Kier molecular flexibility index (Phi) is 5.36. The first kappa shape index (κ1) is 14.8. The summed E-state index contributed by atoms with van der Waals surface area (Å²) in [6.45, 7) is 6.58. The molecule has 2 rings (SSSR count). The Morgan fingerprint density at radius 1 is 1.15 bits per heavy atom. The molecule has 1 heterocycles. The summed E-state index contributed by atoms with van der Waals surface area (Å²) in [6.07, 6.45) is 2.98. The molecule has 0 saturated heterocycles. The van der Waals surface area contributed by atoms with E-state index in [1.54, 1.807) is 0 Å². The molecule has 0 aliphatic heterocycles. The summed E-state index contributed by atoms with van der Waals surface area (Å²) in [4.78, 5) is 0. The molecule has 0 aliphatic rings. The van der Waals surface area contributed by atoms with Crippen LogP contribution in [0.5, 0.6) is 0 Å². The van der Waals surface area contributed by atoms with Gasteiger partial charge in [0.15, 0.2) is 0 Å². The standard InChI is InChI=1S/C17H25N3/c1-14(2)17(15-7-5-4-6-8-15)13-18-11-9-16-10-12-20(3)19-16/h4-8,10,12,14,17-18H,9,11,13H2,1-3H3. The summed E-state index contributed by atoms with van der Waals surface area (Å²) in [5.74, 6) is 1.21. The lowest BCUT2D eigenvalue weighted by Gasteiger charge is -2.21. The minimum Gasteiger partial charge on any atom is -0.316 e. The van der Waals surface area contributed by atoms with Gasteiger partial charge in [-0.2, -0.15) is 5.10 Å². The minimum atomic E-state index is 0.569. The van der Waals surface area contributed by atoms with E-state index in [2.05, 4.69) is 60.7 Å². The molecular formula is C17H25N3. The van der Waals surface area contributed by atoms with Crippen molar-refractivity contribution in [1.82, 2.24) is 15.1 Å². The van der Waals surface area contributed by atoms with Gasteiger partial charge in [-0.05, 0) is 23.5 Å². The molecule has 0 spiro atoms. The molecule has 0 radical (unpaired) electrons. The molecule has 0 amide bonds. The number of rotatable bonds is 7. The normalized spacial score (nSPS) is 12.8. The number of nitrogens with one attached hydrogen (secondary N) is 1. The zero-order chi connectivity index (χ0) is 14.4. The van der Waals surface area contributed by atoms with Gasteiger partial charge in [-0.3, -0.25) is 4.68 Å². The molecule has 2 aromatic rings. The predicted octanol–water partition coefficient (Wildman–Crippen LogP) is 2.99. The Balaban J connectivity index is 1.81. The van der Waals surface area contributed by atoms with Crippen LogP contribution < -0.4 is 5.32 Å². The van der Waals surface area contributed by atoms with Crippen LogP contribution in [0, 0.1) is 5.92 Å². The second-order valence-electron chi connectivity index (χ2n) is 5.70. The molecule has 108 valence electrons. The van der Waals surface area contributed by atoms with Gasteiger partial charge >= 0.3 is 0 Å². The number of aromatic nitrogens is 2. The van der Waals surface area contributed by atoms with E-state index >= 15 is 0 Å². The summed E-state index contributed by atoms with van der Waals surface area (Å²) >= 11 is 0. The fourth-order valence-electron chi connectivity index (χ4n) is 2.51. The second-order valence-corrected chi connectivity index (χ2v) is 5.70. The molecule has 1 atom stereocenters. The molecular weight excluding hydrogens is 246 g/mol. The fraction of sp³-hybridized carbons (Fsp3) is 0.471. The Hall–Kier alpha value is -1.61. The molecule has 0 aliphatic carbocycles. The van der Waals surface area contributed by atoms with Crippen LogP contribution in [0.1, 0.15) is 31.0 Å². The Labute approximate surface area is 122 Å². The van der Waals surface area contributed by atoms with Gasteiger partial charge in [-0.15, -0.1) is 0 Å². The highest BCUT2D eigenvalue weighted by molar-refractivity contribution is 5.20. The molecule has 0 bridgehead atoms. The van der Waals surface area contributed by atoms with Crippen LogP contribution in [-0.2, 0) is 13.5 Å². The van der Waals surface area contributed by atoms with E-state index in [-0.39, 0.29) is 0 Å². The molecule has 1 aromatic carbocycles. The highest BCUT2D eigenvalue weighted by atomic mass is 15.2. The smallest absolute Gasteiger partial charge is 0.0637 e. The second kappa shape index (κ2) is 7.25. The SMILES string of the molecule is CC(C)C(CNCCc1ccn(C)n1)c1ccccc1. The van der Waals surface area contributed by atoms with Crippen LogP contribution >= 0.6 is 0 Å². The predicted molar refractivity (Wildman–Crippen MR) is 83.8 cm³/mol. The molecule has 1 aromatic heterocycles. The molecule has 1 unspecified atom stereocenters. The van der Waals surface area contributed by atoms with Gasteiger partial charge in [-0.1, -0.05) is 44.2 Å². The first-order valence-corrected chi connectivity index (χ1v) is 7.41. The monoisotopic (exact) mass is 271 g/mol. The van der Waals surface area contributed by atoms with Crippen molar-refractivity contribution >= 4 is 0 Å². The van der Waals surface area contributed by atoms with Crippen LogP contribution in [0.4, 0.5) is 0 Å². The third-order valence-electron chi connectivity index (χ3n) is 3.72. The van der Waals surface area contributed by atoms with Crippen LogP contribution in [0.15, 0.2) is 42.6 Å². The zero-order valence-electron chi connectivity index (χ0n) is 12.7. The van der Waals surface area contributed by atoms with Gasteiger partial charge in [0.1, 0.15) is 0 Å². The minimum absolute atomic E-state index is 0.569. The van der Waals surface area contributed by atoms with Crippen molar-refractivity contribution < 1.29 is 0 Å². The summed E-state index contributed by atoms with van der Waals surface area (Å²) in [5.41, 5.74) is 2.58. The first-order valence-electron chi connectivity index (χ1n) is 7.41. The Bertz CT molecular complexity index is 502. The topological polar surface area (TPSA) is 29.9 Å². The first-order chi connectivity index (χ1) is 9.66. The van der Waals surface area contributed by atoms with Gasteiger partial charge in [0.25, 0.3) is 0 Å². The van der Waals surface area contributed by atoms with E-state index in [0.29, 0.717) is 11.8 Å². The number of benzene rings is 1. The fourth-order valence-corrected chi connectivity index (χ4v) is 2.51. The van der Waals surface area contributed by atoms with Crippen LogP contribution in [0.25, 0.3) is 0 Å². The number of hydrogen-bond acceptors (Lipinski definition) is 2. The summed E-state index contributed by atoms with van der Waals surface area (Å²) in [5, 5.41) is 7.97. The van der Waals surface area contributed by atoms with Crippen LogP contribution in [0.2, 0.25) is 0 Å². The molecule has 20 heavy (non-hydrogen) atoms. The highest BCUT2D eigenvalue weighted by Crippen LogP contribution is 2.23. The van der Waals surface area contributed by atoms with Crippen LogP contribution in [0.3, 0.4) is 0 Å². The maximum Gasteiger partial charge on any atom is 0.0637 e. The van der Waals surface area contributed by atoms with E-state index < -0.39 is 0 Å². The average Bonchev–Trinajstić information content (AvgIpc) is 2.85. The van der Waals surface area contributed by atoms with Crippen molar-refractivity contribution in [3.05, 3.63) is 53.9 Å². The molecule has 1 N–H and O–H groups in total. The lowest BCUT2D eigenvalue weighted by Crippen LogP contribution is -2.26. The summed E-state index contributed by atoms with van der Waals surface area (Å²) in [6, 6.07) is 12.9. The largest absolute Gasteiger partial charge is 0.316 e. The molecule has 0 saturated carbocycles. The maximum absolute atomic E-state index is 4.40. The third kappa shape index (κ3) is 4.20. The van der Waals surface area contributed by atoms with Crippen molar-refractivity contribution in [2.24, 2.45) is 13.0 Å². The van der Waals surface area contributed by atoms with E-state index in [0.717, 1.165) is 25.2 Å². The van der Waals surface area contributed by atoms with Crippen molar-refractivity contribution in [3.8, 4) is 0 Å². The Morgan fingerprint density at radius 3 is 2.50 bits per heavy atom. The Morgan fingerprint density at radius 2 is 1.90 bits per heavy atom. The van der Waals surface area contributed by atoms with E-state index in [4.69, 9.17) is 0 Å².